The molecule has 0 radical (unpaired) electrons. The van der Waals surface area contributed by atoms with Gasteiger partial charge in [0.2, 0.25) is 0 Å². The third-order valence-corrected chi connectivity index (χ3v) is 2.29. The number of nitrogens with zero attached hydrogens (tertiary/aromatic N) is 2. The quantitative estimate of drug-likeness (QED) is 0.218. The van der Waals surface area contributed by atoms with Crippen molar-refractivity contribution in [1.82, 2.24) is 4.90 Å². The number of aliphatic hydroxyl groups excluding tert-OH is 1. The standard InChI is InChI=1S/C15H20N2O5/c1-12(2)14(19)21-9-10-22-15(20)13(11-16)5-4-6-17(3)7-8-18/h4-6,18H,1,7-10H2,2-3H3. The zero-order valence-electron chi connectivity index (χ0n) is 12.7. The maximum atomic E-state index is 11.6. The second-order valence-electron chi connectivity index (χ2n) is 4.29. The van der Waals surface area contributed by atoms with Crippen molar-refractivity contribution < 1.29 is 24.2 Å². The number of hydrogen-bond donors (Lipinski definition) is 1. The first-order valence-corrected chi connectivity index (χ1v) is 6.51. The minimum absolute atomic E-state index is 0.000601. The fourth-order valence-electron chi connectivity index (χ4n) is 1.14. The molecule has 0 bridgehead atoms. The molecule has 0 aliphatic heterocycles. The lowest BCUT2D eigenvalue weighted by molar-refractivity contribution is -0.147. The molecule has 0 aromatic heterocycles. The predicted molar refractivity (Wildman–Crippen MR) is 79.3 cm³/mol. The second kappa shape index (κ2) is 11.1. The van der Waals surface area contributed by atoms with Gasteiger partial charge in [-0.25, -0.2) is 9.59 Å². The van der Waals surface area contributed by atoms with E-state index in [4.69, 9.17) is 19.8 Å². The first-order valence-electron chi connectivity index (χ1n) is 6.51. The molecule has 0 aliphatic carbocycles. The van der Waals surface area contributed by atoms with E-state index >= 15 is 0 Å². The predicted octanol–water partition coefficient (Wildman–Crippen LogP) is 0.537. The van der Waals surface area contributed by atoms with Gasteiger partial charge in [-0.1, -0.05) is 6.58 Å². The van der Waals surface area contributed by atoms with Crippen molar-refractivity contribution in [1.29, 1.82) is 5.26 Å². The van der Waals surface area contributed by atoms with Crippen molar-refractivity contribution >= 4 is 11.9 Å². The highest BCUT2D eigenvalue weighted by Crippen LogP contribution is 1.99. The first kappa shape index (κ1) is 19.4. The van der Waals surface area contributed by atoms with Gasteiger partial charge in [-0.05, 0) is 25.3 Å². The number of carbonyl (C=O) groups excluding carboxylic acids is 2. The summed E-state index contributed by atoms with van der Waals surface area (Å²) in [4.78, 5) is 24.4. The van der Waals surface area contributed by atoms with Gasteiger partial charge in [0.05, 0.1) is 6.61 Å². The molecule has 0 aliphatic rings. The van der Waals surface area contributed by atoms with E-state index < -0.39 is 11.9 Å². The summed E-state index contributed by atoms with van der Waals surface area (Å²) in [6, 6.07) is 1.72. The smallest absolute Gasteiger partial charge is 0.349 e. The van der Waals surface area contributed by atoms with Gasteiger partial charge in [0, 0.05) is 19.2 Å². The van der Waals surface area contributed by atoms with E-state index in [1.807, 2.05) is 0 Å². The van der Waals surface area contributed by atoms with Gasteiger partial charge >= 0.3 is 11.9 Å². The number of aliphatic hydroxyl groups is 1. The van der Waals surface area contributed by atoms with Crippen LogP contribution < -0.4 is 0 Å². The fraction of sp³-hybridized carbons (Fsp3) is 0.400. The maximum absolute atomic E-state index is 11.6. The second-order valence-corrected chi connectivity index (χ2v) is 4.29. The van der Waals surface area contributed by atoms with Gasteiger partial charge in [0.1, 0.15) is 24.9 Å². The first-order chi connectivity index (χ1) is 10.4. The summed E-state index contributed by atoms with van der Waals surface area (Å²) in [7, 11) is 1.74. The highest BCUT2D eigenvalue weighted by Gasteiger charge is 2.10. The summed E-state index contributed by atoms with van der Waals surface area (Å²) < 4.78 is 9.55. The molecule has 7 heteroatoms. The van der Waals surface area contributed by atoms with Crippen LogP contribution in [0.4, 0.5) is 0 Å². The number of nitriles is 1. The average molecular weight is 308 g/mol. The molecule has 1 N–H and O–H groups in total. The average Bonchev–Trinajstić information content (AvgIpc) is 2.47. The Morgan fingerprint density at radius 2 is 1.91 bits per heavy atom. The van der Waals surface area contributed by atoms with Gasteiger partial charge in [-0.15, -0.1) is 0 Å². The highest BCUT2D eigenvalue weighted by molar-refractivity contribution is 5.93. The van der Waals surface area contributed by atoms with Crippen LogP contribution >= 0.6 is 0 Å². The number of rotatable bonds is 9. The molecule has 120 valence electrons. The molecule has 0 rings (SSSR count). The monoisotopic (exact) mass is 308 g/mol. The van der Waals surface area contributed by atoms with Crippen molar-refractivity contribution in [3.63, 3.8) is 0 Å². The van der Waals surface area contributed by atoms with Crippen molar-refractivity contribution in [2.24, 2.45) is 0 Å². The van der Waals surface area contributed by atoms with E-state index in [1.54, 1.807) is 24.2 Å². The zero-order valence-corrected chi connectivity index (χ0v) is 12.7. The lowest BCUT2D eigenvalue weighted by Gasteiger charge is -2.10. The minimum Gasteiger partial charge on any atom is -0.459 e. The van der Waals surface area contributed by atoms with Gasteiger partial charge in [-0.3, -0.25) is 0 Å². The van der Waals surface area contributed by atoms with Gasteiger partial charge in [0.25, 0.3) is 0 Å². The third kappa shape index (κ3) is 8.55. The molecule has 0 amide bonds. The molecule has 0 heterocycles. The summed E-state index contributed by atoms with van der Waals surface area (Å²) in [6.45, 7) is 5.10. The molecule has 0 aromatic carbocycles. The van der Waals surface area contributed by atoms with Gasteiger partial charge in [0.15, 0.2) is 0 Å². The highest BCUT2D eigenvalue weighted by atomic mass is 16.6. The fourth-order valence-corrected chi connectivity index (χ4v) is 1.14. The van der Waals surface area contributed by atoms with Crippen molar-refractivity contribution in [2.75, 3.05) is 33.4 Å². The summed E-state index contributed by atoms with van der Waals surface area (Å²) >= 11 is 0. The van der Waals surface area contributed by atoms with E-state index in [0.717, 1.165) is 0 Å². The summed E-state index contributed by atoms with van der Waals surface area (Å²) in [5.41, 5.74) is 0.0703. The lowest BCUT2D eigenvalue weighted by Crippen LogP contribution is -2.15. The van der Waals surface area contributed by atoms with Gasteiger partial charge in [-0.2, -0.15) is 5.26 Å². The van der Waals surface area contributed by atoms with Crippen LogP contribution in [-0.4, -0.2) is 55.4 Å². The zero-order chi connectivity index (χ0) is 17.0. The minimum atomic E-state index is -0.802. The topological polar surface area (TPSA) is 99.9 Å². The Bertz CT molecular complexity index is 503. The van der Waals surface area contributed by atoms with E-state index in [2.05, 4.69) is 6.58 Å². The molecule has 0 atom stereocenters. The Morgan fingerprint density at radius 1 is 1.32 bits per heavy atom. The van der Waals surface area contributed by atoms with Crippen LogP contribution in [0.25, 0.3) is 0 Å². The number of carbonyl (C=O) groups is 2. The number of likely N-dealkylation sites (N-methyl/N-ethyl adjacent to an activating group) is 1. The van der Waals surface area contributed by atoms with Crippen molar-refractivity contribution in [3.05, 3.63) is 36.1 Å². The Balaban J connectivity index is 4.28. The summed E-state index contributed by atoms with van der Waals surface area (Å²) in [5, 5.41) is 17.6. The summed E-state index contributed by atoms with van der Waals surface area (Å²) in [6.07, 6.45) is 4.40. The van der Waals surface area contributed by atoms with Crippen molar-refractivity contribution in [2.45, 2.75) is 6.92 Å². The molecule has 0 spiro atoms. The molecule has 0 unspecified atom stereocenters. The molecular weight excluding hydrogens is 288 g/mol. The Labute approximate surface area is 129 Å². The normalized spacial score (nSPS) is 10.9. The molecule has 0 aromatic rings. The van der Waals surface area contributed by atoms with Crippen LogP contribution in [0.2, 0.25) is 0 Å². The molecule has 7 nitrogen and oxygen atoms in total. The van der Waals surface area contributed by atoms with Crippen LogP contribution in [0.1, 0.15) is 6.92 Å². The number of esters is 2. The molecule has 0 fully saturated rings. The SMILES string of the molecule is C=C(C)C(=O)OCCOC(=O)C(C#N)=CC=CN(C)CCO. The van der Waals surface area contributed by atoms with Gasteiger partial charge < -0.3 is 19.5 Å². The molecule has 0 saturated carbocycles. The number of ether oxygens (including phenoxy) is 2. The van der Waals surface area contributed by atoms with E-state index in [9.17, 15) is 9.59 Å². The molecular formula is C15H20N2O5. The van der Waals surface area contributed by atoms with Crippen molar-refractivity contribution in [3.8, 4) is 6.07 Å². The van der Waals surface area contributed by atoms with E-state index in [1.165, 1.54) is 19.1 Å². The van der Waals surface area contributed by atoms with E-state index in [0.29, 0.717) is 6.54 Å². The third-order valence-electron chi connectivity index (χ3n) is 2.29. The number of hydrogen-bond acceptors (Lipinski definition) is 7. The van der Waals surface area contributed by atoms with Crippen LogP contribution in [0, 0.1) is 11.3 Å². The van der Waals surface area contributed by atoms with Crippen LogP contribution in [0.5, 0.6) is 0 Å². The van der Waals surface area contributed by atoms with Crippen LogP contribution in [0.3, 0.4) is 0 Å². The largest absolute Gasteiger partial charge is 0.459 e. The lowest BCUT2D eigenvalue weighted by atomic mass is 10.3. The Kier molecular flexibility index (Phi) is 9.80. The number of allylic oxidation sites excluding steroid dienone is 2. The molecule has 0 saturated heterocycles. The van der Waals surface area contributed by atoms with E-state index in [-0.39, 0.29) is 31.0 Å². The van der Waals surface area contributed by atoms with Crippen LogP contribution in [-0.2, 0) is 19.1 Å². The summed E-state index contributed by atoms with van der Waals surface area (Å²) in [5.74, 6) is -1.37. The van der Waals surface area contributed by atoms with Crippen LogP contribution in [0.15, 0.2) is 36.1 Å². The maximum Gasteiger partial charge on any atom is 0.349 e. The Hall–Kier alpha value is -2.59. The molecule has 22 heavy (non-hydrogen) atoms. The Morgan fingerprint density at radius 3 is 2.41 bits per heavy atom.